The molecule has 0 spiro atoms. The number of amides is 1. The van der Waals surface area contributed by atoms with E-state index in [1.165, 1.54) is 4.31 Å². The summed E-state index contributed by atoms with van der Waals surface area (Å²) in [5.74, 6) is -0.226. The van der Waals surface area contributed by atoms with Crippen molar-refractivity contribution in [2.24, 2.45) is 0 Å². The van der Waals surface area contributed by atoms with E-state index < -0.39 is 10.0 Å². The van der Waals surface area contributed by atoms with E-state index in [4.69, 9.17) is 4.74 Å². The number of ether oxygens (including phenoxy) is 1. The lowest BCUT2D eigenvalue weighted by molar-refractivity contribution is -0.120. The maximum Gasteiger partial charge on any atom is 0.264 e. The van der Waals surface area contributed by atoms with Crippen molar-refractivity contribution in [3.63, 3.8) is 0 Å². The predicted octanol–water partition coefficient (Wildman–Crippen LogP) is 2.80. The van der Waals surface area contributed by atoms with E-state index >= 15 is 0 Å². The SMILES string of the molecule is CCOCC(=O)Nc1ccc2c(c1)CCCN2S(=O)(=O)c1ccccc1. The molecule has 0 fully saturated rings. The van der Waals surface area contributed by atoms with Gasteiger partial charge in [-0.3, -0.25) is 9.10 Å². The Kier molecular flexibility index (Phi) is 5.58. The van der Waals surface area contributed by atoms with Gasteiger partial charge in [-0.05, 0) is 55.7 Å². The Balaban J connectivity index is 1.86. The number of nitrogens with zero attached hydrogens (tertiary/aromatic N) is 1. The average molecular weight is 374 g/mol. The molecule has 0 saturated heterocycles. The Morgan fingerprint density at radius 2 is 1.96 bits per heavy atom. The van der Waals surface area contributed by atoms with Crippen LogP contribution in [0.5, 0.6) is 0 Å². The normalized spacial score (nSPS) is 14.0. The fourth-order valence-corrected chi connectivity index (χ4v) is 4.56. The highest BCUT2D eigenvalue weighted by atomic mass is 32.2. The van der Waals surface area contributed by atoms with Crippen LogP contribution in [0, 0.1) is 0 Å². The van der Waals surface area contributed by atoms with Gasteiger partial charge in [0.25, 0.3) is 10.0 Å². The van der Waals surface area contributed by atoms with E-state index in [2.05, 4.69) is 5.32 Å². The molecule has 0 aliphatic carbocycles. The zero-order valence-corrected chi connectivity index (χ0v) is 15.5. The van der Waals surface area contributed by atoms with Gasteiger partial charge in [-0.1, -0.05) is 18.2 Å². The standard InChI is InChI=1S/C19H22N2O4S/c1-2-25-14-19(22)20-16-10-11-18-15(13-16)7-6-12-21(18)26(23,24)17-8-4-3-5-9-17/h3-5,8-11,13H,2,6-7,12,14H2,1H3,(H,20,22). The second-order valence-corrected chi connectivity index (χ2v) is 7.88. The minimum absolute atomic E-state index is 0.00208. The Hall–Kier alpha value is -2.38. The number of hydrogen-bond donors (Lipinski definition) is 1. The molecule has 1 amide bonds. The van der Waals surface area contributed by atoms with Crippen LogP contribution < -0.4 is 9.62 Å². The van der Waals surface area contributed by atoms with Gasteiger partial charge < -0.3 is 10.1 Å². The summed E-state index contributed by atoms with van der Waals surface area (Å²) in [4.78, 5) is 12.1. The lowest BCUT2D eigenvalue weighted by Crippen LogP contribution is -2.35. The number of sulfonamides is 1. The highest BCUT2D eigenvalue weighted by Crippen LogP contribution is 2.33. The summed E-state index contributed by atoms with van der Waals surface area (Å²) in [5.41, 5.74) is 2.22. The summed E-state index contributed by atoms with van der Waals surface area (Å²) >= 11 is 0. The molecule has 0 aromatic heterocycles. The van der Waals surface area contributed by atoms with Gasteiger partial charge in [-0.25, -0.2) is 8.42 Å². The lowest BCUT2D eigenvalue weighted by atomic mass is 10.0. The van der Waals surface area contributed by atoms with Gasteiger partial charge in [-0.2, -0.15) is 0 Å². The molecule has 1 heterocycles. The summed E-state index contributed by atoms with van der Waals surface area (Å²) in [5, 5.41) is 2.78. The molecule has 7 heteroatoms. The second-order valence-electron chi connectivity index (χ2n) is 6.02. The Bertz CT molecular complexity index is 882. The van der Waals surface area contributed by atoms with Gasteiger partial charge in [0.15, 0.2) is 0 Å². The minimum Gasteiger partial charge on any atom is -0.372 e. The van der Waals surface area contributed by atoms with E-state index in [1.807, 2.05) is 13.0 Å². The van der Waals surface area contributed by atoms with Gasteiger partial charge in [0, 0.05) is 18.8 Å². The number of benzene rings is 2. The maximum atomic E-state index is 13.0. The van der Waals surface area contributed by atoms with Crippen LogP contribution in [-0.2, 0) is 26.0 Å². The number of fused-ring (bicyclic) bond motifs is 1. The summed E-state index contributed by atoms with van der Waals surface area (Å²) in [7, 11) is -3.60. The molecule has 1 aliphatic heterocycles. The Labute approximate surface area is 153 Å². The van der Waals surface area contributed by atoms with Gasteiger partial charge in [0.1, 0.15) is 6.61 Å². The number of carbonyl (C=O) groups is 1. The highest BCUT2D eigenvalue weighted by Gasteiger charge is 2.29. The summed E-state index contributed by atoms with van der Waals surface area (Å²) in [6.45, 7) is 2.75. The van der Waals surface area contributed by atoms with Gasteiger partial charge in [0.05, 0.1) is 10.6 Å². The van der Waals surface area contributed by atoms with Crippen LogP contribution in [0.1, 0.15) is 18.9 Å². The predicted molar refractivity (Wildman–Crippen MR) is 101 cm³/mol. The molecule has 0 unspecified atom stereocenters. The molecule has 0 radical (unpaired) electrons. The third-order valence-electron chi connectivity index (χ3n) is 4.21. The largest absolute Gasteiger partial charge is 0.372 e. The number of nitrogens with one attached hydrogen (secondary N) is 1. The third kappa shape index (κ3) is 3.89. The van der Waals surface area contributed by atoms with Crippen LogP contribution in [0.2, 0.25) is 0 Å². The van der Waals surface area contributed by atoms with Crippen molar-refractivity contribution in [3.8, 4) is 0 Å². The number of rotatable bonds is 6. The molecule has 6 nitrogen and oxygen atoms in total. The Morgan fingerprint density at radius 1 is 1.19 bits per heavy atom. The lowest BCUT2D eigenvalue weighted by Gasteiger charge is -2.30. The molecular formula is C19H22N2O4S. The van der Waals surface area contributed by atoms with Crippen LogP contribution in [0.15, 0.2) is 53.4 Å². The fourth-order valence-electron chi connectivity index (χ4n) is 3.00. The first kappa shape index (κ1) is 18.4. The molecule has 0 atom stereocenters. The van der Waals surface area contributed by atoms with Crippen LogP contribution in [-0.4, -0.2) is 34.1 Å². The Morgan fingerprint density at radius 3 is 2.69 bits per heavy atom. The zero-order valence-electron chi connectivity index (χ0n) is 14.6. The number of hydrogen-bond acceptors (Lipinski definition) is 4. The quantitative estimate of drug-likeness (QED) is 0.844. The average Bonchev–Trinajstić information content (AvgIpc) is 2.66. The molecule has 0 bridgehead atoms. The van der Waals surface area contributed by atoms with Crippen LogP contribution in [0.25, 0.3) is 0 Å². The van der Waals surface area contributed by atoms with Crippen molar-refractivity contribution in [3.05, 3.63) is 54.1 Å². The van der Waals surface area contributed by atoms with Crippen molar-refractivity contribution < 1.29 is 17.9 Å². The smallest absolute Gasteiger partial charge is 0.264 e. The van der Waals surface area contributed by atoms with Crippen molar-refractivity contribution in [1.82, 2.24) is 0 Å². The summed E-state index contributed by atoms with van der Waals surface area (Å²) in [6.07, 6.45) is 1.50. The number of carbonyl (C=O) groups excluding carboxylic acids is 1. The molecule has 2 aromatic carbocycles. The van der Waals surface area contributed by atoms with Crippen LogP contribution >= 0.6 is 0 Å². The van der Waals surface area contributed by atoms with Crippen molar-refractivity contribution in [2.75, 3.05) is 29.4 Å². The van der Waals surface area contributed by atoms with E-state index in [1.54, 1.807) is 42.5 Å². The molecule has 138 valence electrons. The second kappa shape index (κ2) is 7.88. The molecule has 0 saturated carbocycles. The monoisotopic (exact) mass is 374 g/mol. The maximum absolute atomic E-state index is 13.0. The third-order valence-corrected chi connectivity index (χ3v) is 6.04. The van der Waals surface area contributed by atoms with Gasteiger partial charge in [0.2, 0.25) is 5.91 Å². The van der Waals surface area contributed by atoms with Crippen molar-refractivity contribution in [1.29, 1.82) is 0 Å². The van der Waals surface area contributed by atoms with Crippen molar-refractivity contribution in [2.45, 2.75) is 24.7 Å². The molecule has 1 N–H and O–H groups in total. The first-order chi connectivity index (χ1) is 12.5. The van der Waals surface area contributed by atoms with E-state index in [0.29, 0.717) is 24.5 Å². The fraction of sp³-hybridized carbons (Fsp3) is 0.316. The topological polar surface area (TPSA) is 75.7 Å². The highest BCUT2D eigenvalue weighted by molar-refractivity contribution is 7.92. The van der Waals surface area contributed by atoms with Gasteiger partial charge >= 0.3 is 0 Å². The van der Waals surface area contributed by atoms with E-state index in [-0.39, 0.29) is 17.4 Å². The first-order valence-electron chi connectivity index (χ1n) is 8.60. The van der Waals surface area contributed by atoms with Crippen molar-refractivity contribution >= 4 is 27.3 Å². The molecular weight excluding hydrogens is 352 g/mol. The van der Waals surface area contributed by atoms with E-state index in [9.17, 15) is 13.2 Å². The number of aryl methyl sites for hydroxylation is 1. The molecule has 1 aliphatic rings. The minimum atomic E-state index is -3.60. The van der Waals surface area contributed by atoms with Crippen LogP contribution in [0.3, 0.4) is 0 Å². The number of anilines is 2. The summed E-state index contributed by atoms with van der Waals surface area (Å²) in [6, 6.07) is 13.8. The first-order valence-corrected chi connectivity index (χ1v) is 10.0. The summed E-state index contributed by atoms with van der Waals surface area (Å²) < 4.78 is 32.5. The molecule has 2 aromatic rings. The zero-order chi connectivity index (χ0) is 18.6. The molecule has 26 heavy (non-hydrogen) atoms. The van der Waals surface area contributed by atoms with E-state index in [0.717, 1.165) is 18.4 Å². The van der Waals surface area contributed by atoms with Gasteiger partial charge in [-0.15, -0.1) is 0 Å². The molecule has 3 rings (SSSR count). The van der Waals surface area contributed by atoms with Crippen LogP contribution in [0.4, 0.5) is 11.4 Å².